The molecule has 2 saturated heterocycles. The van der Waals surface area contributed by atoms with E-state index in [-0.39, 0.29) is 17.9 Å². The smallest absolute Gasteiger partial charge is 0.242 e. The molecule has 3 heterocycles. The summed E-state index contributed by atoms with van der Waals surface area (Å²) in [5, 5.41) is 9.71. The van der Waals surface area contributed by atoms with Crippen molar-refractivity contribution in [2.24, 2.45) is 17.3 Å². The lowest BCUT2D eigenvalue weighted by atomic mass is 9.74. The second-order valence-corrected chi connectivity index (χ2v) is 8.84. The van der Waals surface area contributed by atoms with E-state index in [1.165, 1.54) is 0 Å². The maximum Gasteiger partial charge on any atom is 0.242 e. The zero-order valence-electron chi connectivity index (χ0n) is 16.8. The molecule has 0 radical (unpaired) electrons. The first-order chi connectivity index (χ1) is 13.0. The van der Waals surface area contributed by atoms with Crippen molar-refractivity contribution >= 4 is 11.8 Å². The monoisotopic (exact) mass is 377 g/mol. The summed E-state index contributed by atoms with van der Waals surface area (Å²) >= 11 is 0. The summed E-state index contributed by atoms with van der Waals surface area (Å²) < 4.78 is 5.65. The molecule has 3 N–H and O–H groups in total. The molecule has 6 heteroatoms. The first-order valence-corrected chi connectivity index (χ1v) is 10.5. The van der Waals surface area contributed by atoms with E-state index in [2.05, 4.69) is 41.9 Å². The molecule has 2 fully saturated rings. The van der Waals surface area contributed by atoms with E-state index in [0.717, 1.165) is 45.2 Å². The first kappa shape index (κ1) is 20.3. The number of allylic oxidation sites excluding steroid dienone is 2. The molecule has 1 spiro atoms. The molecule has 3 aliphatic heterocycles. The van der Waals surface area contributed by atoms with Gasteiger partial charge in [-0.3, -0.25) is 9.59 Å². The van der Waals surface area contributed by atoms with Crippen LogP contribution in [0.3, 0.4) is 0 Å². The molecule has 152 valence electrons. The molecule has 3 rings (SSSR count). The predicted molar refractivity (Wildman–Crippen MR) is 105 cm³/mol. The van der Waals surface area contributed by atoms with Crippen molar-refractivity contribution in [1.82, 2.24) is 16.0 Å². The Bertz CT molecular complexity index is 555. The highest BCUT2D eigenvalue weighted by atomic mass is 16.5. The van der Waals surface area contributed by atoms with Gasteiger partial charge in [-0.15, -0.1) is 0 Å². The lowest BCUT2D eigenvalue weighted by Crippen LogP contribution is -2.57. The van der Waals surface area contributed by atoms with Gasteiger partial charge in [0.15, 0.2) is 0 Å². The summed E-state index contributed by atoms with van der Waals surface area (Å²) in [6, 6.07) is -0.342. The Hall–Kier alpha value is -1.40. The van der Waals surface area contributed by atoms with Crippen molar-refractivity contribution in [1.29, 1.82) is 0 Å². The van der Waals surface area contributed by atoms with Gasteiger partial charge in [0.05, 0.1) is 12.0 Å². The summed E-state index contributed by atoms with van der Waals surface area (Å²) in [4.78, 5) is 26.3. The highest BCUT2D eigenvalue weighted by Crippen LogP contribution is 2.34. The summed E-state index contributed by atoms with van der Waals surface area (Å²) in [7, 11) is 0. The fourth-order valence-corrected chi connectivity index (χ4v) is 4.53. The van der Waals surface area contributed by atoms with Crippen LogP contribution in [0.15, 0.2) is 12.2 Å². The second-order valence-electron chi connectivity index (χ2n) is 8.84. The van der Waals surface area contributed by atoms with Crippen molar-refractivity contribution in [3.63, 3.8) is 0 Å². The zero-order chi connectivity index (χ0) is 19.3. The molecule has 0 saturated carbocycles. The highest BCUT2D eigenvalue weighted by molar-refractivity contribution is 5.90. The summed E-state index contributed by atoms with van der Waals surface area (Å²) in [5.74, 6) is 0.641. The highest BCUT2D eigenvalue weighted by Gasteiger charge is 2.41. The Morgan fingerprint density at radius 3 is 2.70 bits per heavy atom. The van der Waals surface area contributed by atoms with E-state index in [0.29, 0.717) is 31.5 Å². The Morgan fingerprint density at radius 1 is 1.19 bits per heavy atom. The van der Waals surface area contributed by atoms with Crippen LogP contribution in [-0.4, -0.2) is 50.2 Å². The molecule has 3 atom stereocenters. The van der Waals surface area contributed by atoms with Crippen LogP contribution in [-0.2, 0) is 14.3 Å². The molecule has 0 aromatic rings. The average Bonchev–Trinajstić information content (AvgIpc) is 2.65. The average molecular weight is 378 g/mol. The van der Waals surface area contributed by atoms with Gasteiger partial charge in [0.2, 0.25) is 11.8 Å². The van der Waals surface area contributed by atoms with Gasteiger partial charge < -0.3 is 20.7 Å². The third-order valence-corrected chi connectivity index (χ3v) is 6.29. The van der Waals surface area contributed by atoms with Crippen molar-refractivity contribution in [3.05, 3.63) is 12.2 Å². The number of ether oxygens (including phenoxy) is 1. The second kappa shape index (κ2) is 9.20. The van der Waals surface area contributed by atoms with Crippen LogP contribution in [0.1, 0.15) is 52.4 Å². The van der Waals surface area contributed by atoms with Gasteiger partial charge in [-0.25, -0.2) is 0 Å². The van der Waals surface area contributed by atoms with Gasteiger partial charge in [0, 0.05) is 18.6 Å². The molecular weight excluding hydrogens is 342 g/mol. The summed E-state index contributed by atoms with van der Waals surface area (Å²) in [6.07, 6.45) is 9.12. The lowest BCUT2D eigenvalue weighted by molar-refractivity contribution is -0.137. The Balaban J connectivity index is 1.85. The van der Waals surface area contributed by atoms with E-state index < -0.39 is 11.5 Å². The van der Waals surface area contributed by atoms with E-state index in [1.54, 1.807) is 0 Å². The van der Waals surface area contributed by atoms with Crippen molar-refractivity contribution < 1.29 is 14.3 Å². The molecule has 0 bridgehead atoms. The fourth-order valence-electron chi connectivity index (χ4n) is 4.53. The molecule has 6 nitrogen and oxygen atoms in total. The van der Waals surface area contributed by atoms with Crippen molar-refractivity contribution in [2.45, 2.75) is 64.5 Å². The zero-order valence-corrected chi connectivity index (χ0v) is 16.8. The van der Waals surface area contributed by atoms with Crippen LogP contribution in [0.5, 0.6) is 0 Å². The number of piperidine rings is 1. The molecule has 0 unspecified atom stereocenters. The third kappa shape index (κ3) is 5.11. The lowest BCUT2D eigenvalue weighted by Gasteiger charge is -2.38. The Labute approximate surface area is 162 Å². The van der Waals surface area contributed by atoms with Crippen LogP contribution in [0, 0.1) is 17.3 Å². The molecule has 0 aromatic heterocycles. The predicted octanol–water partition coefficient (Wildman–Crippen LogP) is 1.76. The number of carbonyl (C=O) groups excluding carboxylic acids is 2. The number of hydrogen-bond donors (Lipinski definition) is 3. The minimum absolute atomic E-state index is 0.0393. The number of amides is 2. The Kier molecular flexibility index (Phi) is 6.93. The van der Waals surface area contributed by atoms with Crippen LogP contribution in [0.2, 0.25) is 0 Å². The van der Waals surface area contributed by atoms with Gasteiger partial charge in [-0.1, -0.05) is 26.0 Å². The number of hydrogen-bond acceptors (Lipinski definition) is 4. The number of fused-ring (bicyclic) bond motifs is 1. The van der Waals surface area contributed by atoms with Gasteiger partial charge in [-0.2, -0.15) is 0 Å². The van der Waals surface area contributed by atoms with Crippen LogP contribution in [0.4, 0.5) is 0 Å². The first-order valence-electron chi connectivity index (χ1n) is 10.5. The minimum Gasteiger partial charge on any atom is -0.381 e. The molecule has 0 aliphatic carbocycles. The third-order valence-electron chi connectivity index (χ3n) is 6.29. The number of rotatable bonds is 2. The SMILES string of the molecule is CC(C)C[C@H]1NC(=O)C2(CC=CC[C@H]3COCC[C@H]3NC1=O)CCNCC2. The summed E-state index contributed by atoms with van der Waals surface area (Å²) in [5.41, 5.74) is -0.404. The van der Waals surface area contributed by atoms with Crippen LogP contribution >= 0.6 is 0 Å². The normalized spacial score (nSPS) is 32.2. The van der Waals surface area contributed by atoms with Crippen LogP contribution in [0.25, 0.3) is 0 Å². The number of nitrogens with one attached hydrogen (secondary N) is 3. The van der Waals surface area contributed by atoms with Gasteiger partial charge in [0.25, 0.3) is 0 Å². The van der Waals surface area contributed by atoms with E-state index in [9.17, 15) is 9.59 Å². The maximum absolute atomic E-state index is 13.3. The van der Waals surface area contributed by atoms with E-state index >= 15 is 0 Å². The topological polar surface area (TPSA) is 79.5 Å². The van der Waals surface area contributed by atoms with Crippen molar-refractivity contribution in [2.75, 3.05) is 26.3 Å². The molecule has 0 aromatic carbocycles. The van der Waals surface area contributed by atoms with E-state index in [4.69, 9.17) is 4.74 Å². The molecule has 27 heavy (non-hydrogen) atoms. The van der Waals surface area contributed by atoms with Gasteiger partial charge in [0.1, 0.15) is 6.04 Å². The van der Waals surface area contributed by atoms with Crippen LogP contribution < -0.4 is 16.0 Å². The van der Waals surface area contributed by atoms with Gasteiger partial charge in [-0.05, 0) is 57.5 Å². The molecule has 2 amide bonds. The minimum atomic E-state index is -0.462. The van der Waals surface area contributed by atoms with Crippen molar-refractivity contribution in [3.8, 4) is 0 Å². The number of carbonyl (C=O) groups is 2. The quantitative estimate of drug-likeness (QED) is 0.641. The van der Waals surface area contributed by atoms with E-state index in [1.807, 2.05) is 0 Å². The van der Waals surface area contributed by atoms with Gasteiger partial charge >= 0.3 is 0 Å². The standard InChI is InChI=1S/C21H35N3O3/c1-15(2)13-18-19(25)23-17-6-12-27-14-16(17)5-3-4-7-21(20(26)24-18)8-10-22-11-9-21/h3-4,15-18,22H,5-14H2,1-2H3,(H,23,25)(H,24,26)/t16-,17+,18+/m0/s1. The Morgan fingerprint density at radius 2 is 1.96 bits per heavy atom. The summed E-state index contributed by atoms with van der Waals surface area (Å²) in [6.45, 7) is 7.25. The largest absolute Gasteiger partial charge is 0.381 e. The fraction of sp³-hybridized carbons (Fsp3) is 0.810. The molecular formula is C21H35N3O3. The molecule has 3 aliphatic rings. The maximum atomic E-state index is 13.3.